The lowest BCUT2D eigenvalue weighted by atomic mass is 10.1. The molecule has 0 spiro atoms. The molecule has 0 bridgehead atoms. The molecule has 0 aliphatic rings. The van der Waals surface area contributed by atoms with Gasteiger partial charge in [0.05, 0.1) is 11.2 Å². The molecule has 0 aliphatic carbocycles. The summed E-state index contributed by atoms with van der Waals surface area (Å²) in [5, 5.41) is 9.02. The highest BCUT2D eigenvalue weighted by atomic mass is 15.3. The summed E-state index contributed by atoms with van der Waals surface area (Å²) >= 11 is 0. The summed E-state index contributed by atoms with van der Waals surface area (Å²) in [4.78, 5) is 9.39. The first kappa shape index (κ1) is 15.5. The van der Waals surface area contributed by atoms with E-state index in [0.717, 1.165) is 28.2 Å². The average molecular weight is 309 g/mol. The number of para-hydroxylation sites is 1. The van der Waals surface area contributed by atoms with Gasteiger partial charge in [0.25, 0.3) is 0 Å². The number of nitrogens with one attached hydrogen (secondary N) is 1. The van der Waals surface area contributed by atoms with Crippen LogP contribution >= 0.6 is 0 Å². The summed E-state index contributed by atoms with van der Waals surface area (Å²) in [6.07, 6.45) is 0. The van der Waals surface area contributed by atoms with Crippen molar-refractivity contribution < 1.29 is 0 Å². The fourth-order valence-corrected chi connectivity index (χ4v) is 2.73. The zero-order chi connectivity index (χ0) is 16.6. The Labute approximate surface area is 136 Å². The molecule has 2 aromatic heterocycles. The third kappa shape index (κ3) is 2.91. The largest absolute Gasteiger partial charge is 0.365 e. The van der Waals surface area contributed by atoms with Gasteiger partial charge in [0.1, 0.15) is 11.6 Å². The van der Waals surface area contributed by atoms with Crippen LogP contribution in [-0.2, 0) is 13.6 Å². The smallest absolute Gasteiger partial charge is 0.137 e. The van der Waals surface area contributed by atoms with E-state index in [2.05, 4.69) is 42.2 Å². The standard InChI is InChI=1S/C18H23N5/c1-11(2)17-20-16-9-7-6-8-14(16)18(21-17)19-10-15-12(3)22-23(5)13(15)4/h6-9,11H,10H2,1-5H3,(H,19,20,21). The molecule has 0 unspecified atom stereocenters. The van der Waals surface area contributed by atoms with Gasteiger partial charge in [0, 0.05) is 36.2 Å². The van der Waals surface area contributed by atoms with Crippen LogP contribution in [-0.4, -0.2) is 19.7 Å². The number of anilines is 1. The maximum Gasteiger partial charge on any atom is 0.137 e. The first-order chi connectivity index (χ1) is 11.0. The van der Waals surface area contributed by atoms with Crippen LogP contribution in [0.15, 0.2) is 24.3 Å². The fourth-order valence-electron chi connectivity index (χ4n) is 2.73. The van der Waals surface area contributed by atoms with Crippen molar-refractivity contribution in [1.82, 2.24) is 19.7 Å². The van der Waals surface area contributed by atoms with Crippen LogP contribution in [0.3, 0.4) is 0 Å². The highest BCUT2D eigenvalue weighted by molar-refractivity contribution is 5.89. The van der Waals surface area contributed by atoms with Gasteiger partial charge in [-0.15, -0.1) is 0 Å². The van der Waals surface area contributed by atoms with Gasteiger partial charge in [-0.25, -0.2) is 9.97 Å². The molecule has 0 radical (unpaired) electrons. The summed E-state index contributed by atoms with van der Waals surface area (Å²) in [7, 11) is 1.97. The average Bonchev–Trinajstić information content (AvgIpc) is 2.77. The molecule has 0 atom stereocenters. The molecule has 1 aromatic carbocycles. The molecule has 5 heteroatoms. The molecule has 3 aromatic rings. The predicted molar refractivity (Wildman–Crippen MR) is 93.6 cm³/mol. The first-order valence-corrected chi connectivity index (χ1v) is 7.97. The van der Waals surface area contributed by atoms with Gasteiger partial charge in [-0.2, -0.15) is 5.10 Å². The normalized spacial score (nSPS) is 11.4. The number of benzene rings is 1. The third-order valence-electron chi connectivity index (χ3n) is 4.23. The molecular formula is C18H23N5. The van der Waals surface area contributed by atoms with Crippen molar-refractivity contribution in [2.75, 3.05) is 5.32 Å². The van der Waals surface area contributed by atoms with Crippen molar-refractivity contribution in [3.8, 4) is 0 Å². The maximum absolute atomic E-state index is 4.73. The van der Waals surface area contributed by atoms with Crippen LogP contribution in [0.5, 0.6) is 0 Å². The van der Waals surface area contributed by atoms with Crippen molar-refractivity contribution in [3.05, 3.63) is 47.0 Å². The van der Waals surface area contributed by atoms with Gasteiger partial charge in [-0.05, 0) is 26.0 Å². The third-order valence-corrected chi connectivity index (χ3v) is 4.23. The summed E-state index contributed by atoms with van der Waals surface area (Å²) in [6.45, 7) is 9.08. The summed E-state index contributed by atoms with van der Waals surface area (Å²) in [5.41, 5.74) is 4.44. The summed E-state index contributed by atoms with van der Waals surface area (Å²) < 4.78 is 1.92. The van der Waals surface area contributed by atoms with E-state index >= 15 is 0 Å². The Hall–Kier alpha value is -2.43. The van der Waals surface area contributed by atoms with E-state index in [4.69, 9.17) is 4.98 Å². The molecule has 0 saturated heterocycles. The molecule has 0 fully saturated rings. The van der Waals surface area contributed by atoms with Crippen molar-refractivity contribution in [1.29, 1.82) is 0 Å². The topological polar surface area (TPSA) is 55.6 Å². The number of aromatic nitrogens is 4. The maximum atomic E-state index is 4.73. The Morgan fingerprint density at radius 3 is 2.52 bits per heavy atom. The highest BCUT2D eigenvalue weighted by Crippen LogP contribution is 2.24. The van der Waals surface area contributed by atoms with E-state index in [0.29, 0.717) is 12.5 Å². The van der Waals surface area contributed by atoms with Crippen molar-refractivity contribution in [2.24, 2.45) is 7.05 Å². The molecule has 0 amide bonds. The van der Waals surface area contributed by atoms with Gasteiger partial charge in [-0.1, -0.05) is 26.0 Å². The lowest BCUT2D eigenvalue weighted by molar-refractivity contribution is 0.730. The molecule has 2 heterocycles. The number of aryl methyl sites for hydroxylation is 2. The lowest BCUT2D eigenvalue weighted by Gasteiger charge is -2.12. The molecule has 120 valence electrons. The Bertz CT molecular complexity index is 848. The van der Waals surface area contributed by atoms with Crippen LogP contribution in [0.4, 0.5) is 5.82 Å². The molecule has 5 nitrogen and oxygen atoms in total. The molecule has 23 heavy (non-hydrogen) atoms. The van der Waals surface area contributed by atoms with Crippen molar-refractivity contribution in [3.63, 3.8) is 0 Å². The number of fused-ring (bicyclic) bond motifs is 1. The van der Waals surface area contributed by atoms with E-state index < -0.39 is 0 Å². The van der Waals surface area contributed by atoms with Gasteiger partial charge in [0.2, 0.25) is 0 Å². The Morgan fingerprint density at radius 2 is 1.87 bits per heavy atom. The van der Waals surface area contributed by atoms with E-state index in [1.54, 1.807) is 0 Å². The minimum absolute atomic E-state index is 0.294. The Kier molecular flexibility index (Phi) is 4.03. The number of hydrogen-bond donors (Lipinski definition) is 1. The second-order valence-electron chi connectivity index (χ2n) is 6.23. The molecular weight excluding hydrogens is 286 g/mol. The molecule has 3 rings (SSSR count). The van der Waals surface area contributed by atoms with Crippen molar-refractivity contribution >= 4 is 16.7 Å². The zero-order valence-electron chi connectivity index (χ0n) is 14.4. The quantitative estimate of drug-likeness (QED) is 0.798. The Morgan fingerprint density at radius 1 is 1.13 bits per heavy atom. The number of rotatable bonds is 4. The molecule has 0 aliphatic heterocycles. The van der Waals surface area contributed by atoms with Gasteiger partial charge in [0.15, 0.2) is 0 Å². The highest BCUT2D eigenvalue weighted by Gasteiger charge is 2.13. The van der Waals surface area contributed by atoms with E-state index in [1.807, 2.05) is 36.9 Å². The predicted octanol–water partition coefficient (Wildman–Crippen LogP) is 3.72. The number of hydrogen-bond acceptors (Lipinski definition) is 4. The summed E-state index contributed by atoms with van der Waals surface area (Å²) in [6, 6.07) is 8.13. The van der Waals surface area contributed by atoms with Crippen LogP contribution in [0.1, 0.15) is 42.5 Å². The number of nitrogens with zero attached hydrogens (tertiary/aromatic N) is 4. The van der Waals surface area contributed by atoms with Crippen LogP contribution in [0.2, 0.25) is 0 Å². The second-order valence-corrected chi connectivity index (χ2v) is 6.23. The minimum Gasteiger partial charge on any atom is -0.365 e. The first-order valence-electron chi connectivity index (χ1n) is 7.97. The van der Waals surface area contributed by atoms with Crippen molar-refractivity contribution in [2.45, 2.75) is 40.2 Å². The van der Waals surface area contributed by atoms with Gasteiger partial charge >= 0.3 is 0 Å². The van der Waals surface area contributed by atoms with Crippen LogP contribution in [0.25, 0.3) is 10.9 Å². The lowest BCUT2D eigenvalue weighted by Crippen LogP contribution is -2.07. The Balaban J connectivity index is 1.98. The monoisotopic (exact) mass is 309 g/mol. The molecule has 0 saturated carbocycles. The van der Waals surface area contributed by atoms with Crippen LogP contribution in [0, 0.1) is 13.8 Å². The SMILES string of the molecule is Cc1nn(C)c(C)c1CNc1nc(C(C)C)nc2ccccc12. The summed E-state index contributed by atoms with van der Waals surface area (Å²) in [5.74, 6) is 2.05. The minimum atomic E-state index is 0.294. The van der Waals surface area contributed by atoms with Gasteiger partial charge in [-0.3, -0.25) is 4.68 Å². The zero-order valence-corrected chi connectivity index (χ0v) is 14.4. The van der Waals surface area contributed by atoms with Crippen LogP contribution < -0.4 is 5.32 Å². The molecule has 1 N–H and O–H groups in total. The van der Waals surface area contributed by atoms with E-state index in [1.165, 1.54) is 11.3 Å². The second kappa shape index (κ2) is 5.99. The fraction of sp³-hybridized carbons (Fsp3) is 0.389. The van der Waals surface area contributed by atoms with Gasteiger partial charge < -0.3 is 5.32 Å². The van der Waals surface area contributed by atoms with E-state index in [-0.39, 0.29) is 0 Å². The van der Waals surface area contributed by atoms with E-state index in [9.17, 15) is 0 Å².